The van der Waals surface area contributed by atoms with Gasteiger partial charge in [0.1, 0.15) is 54.9 Å². The van der Waals surface area contributed by atoms with E-state index in [0.717, 1.165) is 103 Å². The zero-order valence-electron chi connectivity index (χ0n) is 40.3. The van der Waals surface area contributed by atoms with Gasteiger partial charge in [-0.25, -0.2) is 0 Å². The van der Waals surface area contributed by atoms with Gasteiger partial charge in [-0.2, -0.15) is 0 Å². The Hall–Kier alpha value is -3.09. The van der Waals surface area contributed by atoms with E-state index in [1.54, 1.807) is 0 Å². The fraction of sp³-hybridized carbons (Fsp3) is 0.679. The molecule has 0 spiro atoms. The Balaban J connectivity index is 1.80. The van der Waals surface area contributed by atoms with E-state index in [-0.39, 0.29) is 19.6 Å². The van der Waals surface area contributed by atoms with Crippen LogP contribution in [0.1, 0.15) is 129 Å². The lowest BCUT2D eigenvalue weighted by atomic mass is 9.98. The molecule has 2 fully saturated rings. The molecule has 2 saturated heterocycles. The molecular formula is C53H86O14. The number of unbranched alkanes of at least 4 members (excludes halogenated alkanes) is 7. The number of esters is 1. The van der Waals surface area contributed by atoms with E-state index in [4.69, 9.17) is 28.4 Å². The second kappa shape index (κ2) is 39.7. The molecule has 11 atom stereocenters. The molecule has 2 rings (SSSR count). The number of rotatable bonds is 37. The summed E-state index contributed by atoms with van der Waals surface area (Å²) in [6.07, 6.45) is 34.8. The van der Waals surface area contributed by atoms with Crippen molar-refractivity contribution in [2.75, 3.05) is 33.0 Å². The van der Waals surface area contributed by atoms with Crippen LogP contribution in [0.5, 0.6) is 0 Å². The second-order valence-corrected chi connectivity index (χ2v) is 16.9. The number of carbonyl (C=O) groups is 1. The first-order valence-corrected chi connectivity index (χ1v) is 24.8. The van der Waals surface area contributed by atoms with Crippen molar-refractivity contribution in [2.24, 2.45) is 0 Å². The number of aliphatic hydroxyl groups excluding tert-OH is 7. The van der Waals surface area contributed by atoms with Gasteiger partial charge >= 0.3 is 5.97 Å². The number of ether oxygens (including phenoxy) is 6. The van der Waals surface area contributed by atoms with Gasteiger partial charge < -0.3 is 64.2 Å². The predicted octanol–water partition coefficient (Wildman–Crippen LogP) is 7.07. The molecular weight excluding hydrogens is 861 g/mol. The molecule has 7 N–H and O–H groups in total. The maximum atomic E-state index is 13.0. The maximum Gasteiger partial charge on any atom is 0.306 e. The van der Waals surface area contributed by atoms with Crippen LogP contribution in [-0.2, 0) is 33.2 Å². The number of aliphatic hydroxyl groups is 7. The van der Waals surface area contributed by atoms with Gasteiger partial charge in [0, 0.05) is 13.0 Å². The number of hydrogen-bond donors (Lipinski definition) is 7. The van der Waals surface area contributed by atoms with Crippen molar-refractivity contribution in [2.45, 2.75) is 197 Å². The molecule has 0 aromatic rings. The summed E-state index contributed by atoms with van der Waals surface area (Å²) in [4.78, 5) is 13.0. The highest BCUT2D eigenvalue weighted by atomic mass is 16.7. The molecule has 0 bridgehead atoms. The summed E-state index contributed by atoms with van der Waals surface area (Å²) in [6.45, 7) is 3.31. The van der Waals surface area contributed by atoms with Gasteiger partial charge in [0.05, 0.1) is 26.4 Å². The van der Waals surface area contributed by atoms with Crippen molar-refractivity contribution in [1.29, 1.82) is 0 Å². The Bertz CT molecular complexity index is 1470. The van der Waals surface area contributed by atoms with Crippen LogP contribution in [0.25, 0.3) is 0 Å². The normalized spacial score (nSPS) is 26.9. The summed E-state index contributed by atoms with van der Waals surface area (Å²) in [5, 5.41) is 72.1. The van der Waals surface area contributed by atoms with Crippen molar-refractivity contribution in [3.63, 3.8) is 0 Å². The molecule has 67 heavy (non-hydrogen) atoms. The molecule has 0 aromatic carbocycles. The Labute approximate surface area is 401 Å². The van der Waals surface area contributed by atoms with E-state index < -0.39 is 86.7 Å². The summed E-state index contributed by atoms with van der Waals surface area (Å²) in [7, 11) is 0. The molecule has 2 aliphatic heterocycles. The van der Waals surface area contributed by atoms with Crippen LogP contribution >= 0.6 is 0 Å². The first kappa shape index (κ1) is 60.0. The monoisotopic (exact) mass is 947 g/mol. The van der Waals surface area contributed by atoms with Crippen LogP contribution in [0.4, 0.5) is 0 Å². The first-order valence-electron chi connectivity index (χ1n) is 24.8. The van der Waals surface area contributed by atoms with Crippen molar-refractivity contribution < 1.29 is 69.0 Å². The number of allylic oxidation sites excluding steroid dienone is 16. The van der Waals surface area contributed by atoms with Gasteiger partial charge in [-0.05, 0) is 89.9 Å². The smallest absolute Gasteiger partial charge is 0.306 e. The Morgan fingerprint density at radius 3 is 1.43 bits per heavy atom. The average molecular weight is 947 g/mol. The van der Waals surface area contributed by atoms with Gasteiger partial charge in [-0.15, -0.1) is 0 Å². The summed E-state index contributed by atoms with van der Waals surface area (Å²) < 4.78 is 34.2. The van der Waals surface area contributed by atoms with Crippen LogP contribution in [0.3, 0.4) is 0 Å². The molecule has 2 heterocycles. The second-order valence-electron chi connectivity index (χ2n) is 16.9. The van der Waals surface area contributed by atoms with Gasteiger partial charge in [0.15, 0.2) is 12.6 Å². The maximum absolute atomic E-state index is 13.0. The van der Waals surface area contributed by atoms with E-state index in [9.17, 15) is 40.5 Å². The zero-order valence-corrected chi connectivity index (χ0v) is 40.3. The molecule has 14 nitrogen and oxygen atoms in total. The minimum Gasteiger partial charge on any atom is -0.457 e. The third kappa shape index (κ3) is 27.6. The van der Waals surface area contributed by atoms with Crippen LogP contribution in [-0.4, -0.2) is 142 Å². The van der Waals surface area contributed by atoms with Crippen molar-refractivity contribution in [1.82, 2.24) is 0 Å². The van der Waals surface area contributed by atoms with E-state index in [1.807, 2.05) is 0 Å². The number of hydrogen-bond acceptors (Lipinski definition) is 14. The Kier molecular flexibility index (Phi) is 35.6. The largest absolute Gasteiger partial charge is 0.457 e. The molecule has 0 aliphatic carbocycles. The molecule has 0 saturated carbocycles. The lowest BCUT2D eigenvalue weighted by Crippen LogP contribution is -2.61. The fourth-order valence-electron chi connectivity index (χ4n) is 7.09. The topological polar surface area (TPSA) is 214 Å². The third-order valence-electron chi connectivity index (χ3n) is 11.1. The Morgan fingerprint density at radius 2 is 0.925 bits per heavy atom. The van der Waals surface area contributed by atoms with Gasteiger partial charge in [-0.3, -0.25) is 4.79 Å². The molecule has 2 aliphatic rings. The van der Waals surface area contributed by atoms with Crippen LogP contribution in [0.15, 0.2) is 97.2 Å². The molecule has 382 valence electrons. The minimum absolute atomic E-state index is 0.0253. The summed E-state index contributed by atoms with van der Waals surface area (Å²) in [6, 6.07) is 0. The third-order valence-corrected chi connectivity index (χ3v) is 11.1. The summed E-state index contributed by atoms with van der Waals surface area (Å²) in [5.41, 5.74) is 0. The van der Waals surface area contributed by atoms with E-state index in [2.05, 4.69) is 111 Å². The summed E-state index contributed by atoms with van der Waals surface area (Å²) in [5.74, 6) is -0.420. The quantitative estimate of drug-likeness (QED) is 0.0189. The lowest BCUT2D eigenvalue weighted by Gasteiger charge is -2.42. The highest BCUT2D eigenvalue weighted by Gasteiger charge is 2.47. The molecule has 0 aromatic heterocycles. The van der Waals surface area contributed by atoms with Crippen LogP contribution in [0, 0.1) is 0 Å². The SMILES string of the molecule is CC/C=C\C/C=C\C/C=C\C/C=C\C/C=C\CCCCCCOCC(COC1OC(COC2OC(CO)C(O)C(O)C2O)C(O)C(O)C1O)OC(=O)CCCCC/C=C\C/C=C\C/C=C\CC. The summed E-state index contributed by atoms with van der Waals surface area (Å²) >= 11 is 0. The van der Waals surface area contributed by atoms with Gasteiger partial charge in [-0.1, -0.05) is 130 Å². The van der Waals surface area contributed by atoms with Crippen LogP contribution < -0.4 is 0 Å². The first-order chi connectivity index (χ1) is 32.6. The van der Waals surface area contributed by atoms with Crippen LogP contribution in [0.2, 0.25) is 0 Å². The van der Waals surface area contributed by atoms with Crippen molar-refractivity contribution >= 4 is 5.97 Å². The number of carbonyl (C=O) groups excluding carboxylic acids is 1. The van der Waals surface area contributed by atoms with E-state index >= 15 is 0 Å². The average Bonchev–Trinajstić information content (AvgIpc) is 3.32. The molecule has 0 amide bonds. The van der Waals surface area contributed by atoms with E-state index in [1.165, 1.54) is 0 Å². The Morgan fingerprint density at radius 1 is 0.493 bits per heavy atom. The highest BCUT2D eigenvalue weighted by molar-refractivity contribution is 5.69. The predicted molar refractivity (Wildman–Crippen MR) is 261 cm³/mol. The zero-order chi connectivity index (χ0) is 48.7. The van der Waals surface area contributed by atoms with Gasteiger partial charge in [0.25, 0.3) is 0 Å². The minimum atomic E-state index is -1.72. The van der Waals surface area contributed by atoms with Gasteiger partial charge in [0.2, 0.25) is 0 Å². The van der Waals surface area contributed by atoms with Crippen molar-refractivity contribution in [3.8, 4) is 0 Å². The van der Waals surface area contributed by atoms with E-state index in [0.29, 0.717) is 13.0 Å². The molecule has 0 radical (unpaired) electrons. The van der Waals surface area contributed by atoms with Crippen molar-refractivity contribution in [3.05, 3.63) is 97.2 Å². The standard InChI is InChI=1S/C53H86O14/c1-3-5-7-9-11-13-15-17-18-19-20-21-22-23-25-27-29-31-33-35-37-62-39-42(65-45(55)36-34-32-30-28-26-24-16-14-12-10-8-6-4-2)40-63-52-51(61)49(59)47(57)44(67-52)41-64-53-50(60)48(58)46(56)43(38-54)66-53/h5-8,11-14,17-18,20-21,23-26,42-44,46-54,56-61H,3-4,9-10,15-16,19,22,27-41H2,1-2H3/b7-5-,8-6-,13-11-,14-12-,18-17-,21-20-,25-23-,26-24-. The molecule has 14 heteroatoms. The molecule has 11 unspecified atom stereocenters. The highest BCUT2D eigenvalue weighted by Crippen LogP contribution is 2.26. The fourth-order valence-corrected chi connectivity index (χ4v) is 7.09. The lowest BCUT2D eigenvalue weighted by molar-refractivity contribution is -0.332.